The molecule has 1 saturated heterocycles. The van der Waals surface area contributed by atoms with Crippen LogP contribution in [-0.2, 0) is 17.6 Å². The van der Waals surface area contributed by atoms with Crippen LogP contribution in [0.25, 0.3) is 0 Å². The first-order valence-electron chi connectivity index (χ1n) is 10.2. The summed E-state index contributed by atoms with van der Waals surface area (Å²) in [4.78, 5) is 18.7. The normalized spacial score (nSPS) is 17.9. The quantitative estimate of drug-likeness (QED) is 0.452. The van der Waals surface area contributed by atoms with Gasteiger partial charge in [0.25, 0.3) is 0 Å². The number of aryl methyl sites for hydroxylation is 1. The van der Waals surface area contributed by atoms with Crippen molar-refractivity contribution in [2.45, 2.75) is 52.4 Å². The maximum atomic E-state index is 12.7. The zero-order valence-electron chi connectivity index (χ0n) is 16.5. The van der Waals surface area contributed by atoms with Gasteiger partial charge in [0.05, 0.1) is 12.2 Å². The van der Waals surface area contributed by atoms with E-state index in [9.17, 15) is 4.79 Å². The van der Waals surface area contributed by atoms with Gasteiger partial charge in [0, 0.05) is 31.1 Å². The SMILES string of the molecule is CCCN1CCN(C(=S)Nc2sc3c(c2C(=O)OCC)CCCCC3)CC1. The average molecular weight is 410 g/mol. The van der Waals surface area contributed by atoms with E-state index < -0.39 is 0 Å². The van der Waals surface area contributed by atoms with Crippen LogP contribution in [0.1, 0.15) is 60.3 Å². The maximum Gasteiger partial charge on any atom is 0.341 e. The van der Waals surface area contributed by atoms with Crippen LogP contribution >= 0.6 is 23.6 Å². The fourth-order valence-electron chi connectivity index (χ4n) is 3.92. The molecule has 5 nitrogen and oxygen atoms in total. The average Bonchev–Trinajstić information content (AvgIpc) is 2.83. The first kappa shape index (κ1) is 20.6. The highest BCUT2D eigenvalue weighted by atomic mass is 32.1. The molecule has 0 saturated carbocycles. The lowest BCUT2D eigenvalue weighted by Gasteiger charge is -2.36. The first-order chi connectivity index (χ1) is 13.1. The summed E-state index contributed by atoms with van der Waals surface area (Å²) in [5.41, 5.74) is 1.92. The standard InChI is InChI=1S/C20H31N3O2S2/c1-3-10-22-11-13-23(14-12-22)20(26)21-18-17(19(24)25-4-2)15-8-6-5-7-9-16(15)27-18/h3-14H2,1-2H3,(H,21,26). The van der Waals surface area contributed by atoms with Gasteiger partial charge in [0.15, 0.2) is 5.11 Å². The molecule has 0 unspecified atom stereocenters. The van der Waals surface area contributed by atoms with Crippen molar-refractivity contribution in [3.63, 3.8) is 0 Å². The minimum Gasteiger partial charge on any atom is -0.462 e. The van der Waals surface area contributed by atoms with Crippen LogP contribution in [0.15, 0.2) is 0 Å². The smallest absolute Gasteiger partial charge is 0.341 e. The molecule has 0 spiro atoms. The van der Waals surface area contributed by atoms with E-state index in [1.807, 2.05) is 6.92 Å². The zero-order chi connectivity index (χ0) is 19.2. The number of piperazine rings is 1. The second-order valence-corrected chi connectivity index (χ2v) is 8.74. The summed E-state index contributed by atoms with van der Waals surface area (Å²) >= 11 is 7.38. The molecule has 2 heterocycles. The molecule has 2 aliphatic rings. The van der Waals surface area contributed by atoms with Gasteiger partial charge in [-0.15, -0.1) is 11.3 Å². The number of thiocarbonyl (C=S) groups is 1. The molecule has 0 bridgehead atoms. The molecule has 1 aromatic rings. The summed E-state index contributed by atoms with van der Waals surface area (Å²) in [6, 6.07) is 0. The van der Waals surface area contributed by atoms with Crippen molar-refractivity contribution in [3.8, 4) is 0 Å². The van der Waals surface area contributed by atoms with Crippen molar-refractivity contribution >= 4 is 39.6 Å². The van der Waals surface area contributed by atoms with Gasteiger partial charge in [-0.05, 0) is 63.4 Å². The lowest BCUT2D eigenvalue weighted by molar-refractivity contribution is 0.0527. The number of fused-ring (bicyclic) bond motifs is 1. The summed E-state index contributed by atoms with van der Waals surface area (Å²) in [5.74, 6) is -0.213. The van der Waals surface area contributed by atoms with Gasteiger partial charge >= 0.3 is 5.97 Å². The van der Waals surface area contributed by atoms with Crippen LogP contribution in [0.4, 0.5) is 5.00 Å². The first-order valence-corrected chi connectivity index (χ1v) is 11.5. The number of esters is 1. The summed E-state index contributed by atoms with van der Waals surface area (Å²) in [7, 11) is 0. The molecular formula is C20H31N3O2S2. The fraction of sp³-hybridized carbons (Fsp3) is 0.700. The van der Waals surface area contributed by atoms with E-state index in [0.29, 0.717) is 6.61 Å². The van der Waals surface area contributed by atoms with Gasteiger partial charge in [-0.25, -0.2) is 4.79 Å². The Hall–Kier alpha value is -1.18. The van der Waals surface area contributed by atoms with Gasteiger partial charge in [0.2, 0.25) is 0 Å². The van der Waals surface area contributed by atoms with Crippen LogP contribution in [0.5, 0.6) is 0 Å². The number of anilines is 1. The Morgan fingerprint density at radius 2 is 1.89 bits per heavy atom. The van der Waals surface area contributed by atoms with Crippen molar-refractivity contribution in [2.24, 2.45) is 0 Å². The lowest BCUT2D eigenvalue weighted by Crippen LogP contribution is -2.50. The van der Waals surface area contributed by atoms with Gasteiger partial charge in [-0.2, -0.15) is 0 Å². The highest BCUT2D eigenvalue weighted by Crippen LogP contribution is 2.38. The van der Waals surface area contributed by atoms with Crippen LogP contribution in [0, 0.1) is 0 Å². The predicted octanol–water partition coefficient (Wildman–Crippen LogP) is 3.92. The molecule has 0 amide bonds. The Bertz CT molecular complexity index is 666. The molecule has 1 N–H and O–H groups in total. The Labute approximate surface area is 172 Å². The molecule has 1 aliphatic heterocycles. The lowest BCUT2D eigenvalue weighted by atomic mass is 10.1. The topological polar surface area (TPSA) is 44.8 Å². The number of ether oxygens (including phenoxy) is 1. The minimum atomic E-state index is -0.213. The second kappa shape index (κ2) is 9.85. The van der Waals surface area contributed by atoms with Crippen LogP contribution in [-0.4, -0.2) is 60.2 Å². The highest BCUT2D eigenvalue weighted by molar-refractivity contribution is 7.80. The highest BCUT2D eigenvalue weighted by Gasteiger charge is 2.27. The number of hydrogen-bond donors (Lipinski definition) is 1. The Morgan fingerprint density at radius 3 is 2.59 bits per heavy atom. The van der Waals surface area contributed by atoms with Gasteiger partial charge in [0.1, 0.15) is 5.00 Å². The van der Waals surface area contributed by atoms with Crippen molar-refractivity contribution < 1.29 is 9.53 Å². The van der Waals surface area contributed by atoms with E-state index in [2.05, 4.69) is 22.0 Å². The third-order valence-corrected chi connectivity index (χ3v) is 6.89. The van der Waals surface area contributed by atoms with Crippen molar-refractivity contribution in [2.75, 3.05) is 44.6 Å². The molecule has 27 heavy (non-hydrogen) atoms. The van der Waals surface area contributed by atoms with E-state index in [4.69, 9.17) is 17.0 Å². The minimum absolute atomic E-state index is 0.213. The Balaban J connectivity index is 1.74. The van der Waals surface area contributed by atoms with Gasteiger partial charge in [-0.3, -0.25) is 4.90 Å². The molecular weight excluding hydrogens is 378 g/mol. The molecule has 150 valence electrons. The van der Waals surface area contributed by atoms with Crippen molar-refractivity contribution in [1.29, 1.82) is 0 Å². The number of carbonyl (C=O) groups is 1. The molecule has 0 radical (unpaired) electrons. The van der Waals surface area contributed by atoms with E-state index in [-0.39, 0.29) is 5.97 Å². The number of thiophene rings is 1. The largest absolute Gasteiger partial charge is 0.462 e. The van der Waals surface area contributed by atoms with Crippen molar-refractivity contribution in [1.82, 2.24) is 9.80 Å². The van der Waals surface area contributed by atoms with E-state index in [1.54, 1.807) is 11.3 Å². The van der Waals surface area contributed by atoms with Gasteiger partial charge in [-0.1, -0.05) is 13.3 Å². The zero-order valence-corrected chi connectivity index (χ0v) is 18.1. The summed E-state index contributed by atoms with van der Waals surface area (Å²) in [6.45, 7) is 9.58. The van der Waals surface area contributed by atoms with E-state index >= 15 is 0 Å². The predicted molar refractivity (Wildman–Crippen MR) is 116 cm³/mol. The molecule has 3 rings (SSSR count). The molecule has 1 aromatic heterocycles. The molecule has 7 heteroatoms. The molecule has 0 atom stereocenters. The number of rotatable bonds is 5. The number of carbonyl (C=O) groups excluding carboxylic acids is 1. The summed E-state index contributed by atoms with van der Waals surface area (Å²) in [5, 5.41) is 5.01. The second-order valence-electron chi connectivity index (χ2n) is 7.25. The number of nitrogens with zero attached hydrogens (tertiary/aromatic N) is 2. The third kappa shape index (κ3) is 5.00. The van der Waals surface area contributed by atoms with E-state index in [1.165, 1.54) is 29.7 Å². The summed E-state index contributed by atoms with van der Waals surface area (Å²) in [6.07, 6.45) is 6.76. The van der Waals surface area contributed by atoms with Crippen LogP contribution < -0.4 is 5.32 Å². The Kier molecular flexibility index (Phi) is 7.49. The molecule has 1 aliphatic carbocycles. The van der Waals surface area contributed by atoms with Crippen molar-refractivity contribution in [3.05, 3.63) is 16.0 Å². The van der Waals surface area contributed by atoms with E-state index in [0.717, 1.165) is 67.7 Å². The van der Waals surface area contributed by atoms with Crippen LogP contribution in [0.2, 0.25) is 0 Å². The third-order valence-electron chi connectivity index (χ3n) is 5.32. The molecule has 0 aromatic carbocycles. The van der Waals surface area contributed by atoms with Crippen LogP contribution in [0.3, 0.4) is 0 Å². The fourth-order valence-corrected chi connectivity index (χ4v) is 5.54. The van der Waals surface area contributed by atoms with Gasteiger partial charge < -0.3 is 15.0 Å². The molecule has 1 fully saturated rings. The maximum absolute atomic E-state index is 12.7. The summed E-state index contributed by atoms with van der Waals surface area (Å²) < 4.78 is 5.37. The number of nitrogens with one attached hydrogen (secondary N) is 1. The number of hydrogen-bond acceptors (Lipinski definition) is 5. The Morgan fingerprint density at radius 1 is 1.15 bits per heavy atom. The monoisotopic (exact) mass is 409 g/mol.